The third-order valence-electron chi connectivity index (χ3n) is 5.73. The molecule has 0 radical (unpaired) electrons. The normalized spacial score (nSPS) is 40.0. The molecule has 0 aromatic rings. The van der Waals surface area contributed by atoms with Crippen molar-refractivity contribution in [1.29, 1.82) is 0 Å². The number of carbonyl (C=O) groups is 2. The molecule has 1 amide bonds. The summed E-state index contributed by atoms with van der Waals surface area (Å²) in [5, 5.41) is 13.3. The number of aliphatic carboxylic acids is 1. The van der Waals surface area contributed by atoms with E-state index in [0.717, 1.165) is 29.9 Å². The van der Waals surface area contributed by atoms with E-state index < -0.39 is 5.97 Å². The maximum absolute atomic E-state index is 11.8. The highest BCUT2D eigenvalue weighted by Crippen LogP contribution is 2.61. The monoisotopic (exact) mass is 276 g/mol. The van der Waals surface area contributed by atoms with E-state index in [9.17, 15) is 14.7 Å². The van der Waals surface area contributed by atoms with E-state index >= 15 is 0 Å². The zero-order chi connectivity index (χ0) is 14.3. The highest BCUT2D eigenvalue weighted by molar-refractivity contribution is 5.93. The van der Waals surface area contributed by atoms with Crippen molar-refractivity contribution in [2.24, 2.45) is 23.2 Å². The molecule has 4 saturated carbocycles. The van der Waals surface area contributed by atoms with E-state index in [-0.39, 0.29) is 17.4 Å². The number of carboxylic acids is 1. The Hall–Kier alpha value is -1.32. The van der Waals surface area contributed by atoms with Crippen LogP contribution in [-0.2, 0) is 9.59 Å². The molecule has 0 spiro atoms. The highest BCUT2D eigenvalue weighted by Gasteiger charge is 2.53. The van der Waals surface area contributed by atoms with Crippen molar-refractivity contribution in [3.63, 3.8) is 0 Å². The van der Waals surface area contributed by atoms with Crippen molar-refractivity contribution < 1.29 is 14.7 Å². The average Bonchev–Trinajstić information content (AvgIpc) is 2.34. The third-order valence-corrected chi connectivity index (χ3v) is 5.73. The lowest BCUT2D eigenvalue weighted by Gasteiger charge is -2.59. The maximum Gasteiger partial charge on any atom is 0.244 e. The number of amides is 1. The van der Waals surface area contributed by atoms with Gasteiger partial charge < -0.3 is 15.2 Å². The van der Waals surface area contributed by atoms with Crippen LogP contribution in [-0.4, -0.2) is 17.9 Å². The first-order chi connectivity index (χ1) is 9.47. The molecule has 4 nitrogen and oxygen atoms in total. The van der Waals surface area contributed by atoms with Gasteiger partial charge in [-0.15, -0.1) is 0 Å². The molecular formula is C16H22NO3-. The zero-order valence-electron chi connectivity index (χ0n) is 11.9. The SMILES string of the molecule is C[C@@H](NC(=O)/C=C/C(=O)[O-])C12CC3CC(CC(C3)C1)C2. The van der Waals surface area contributed by atoms with Crippen LogP contribution in [0.3, 0.4) is 0 Å². The summed E-state index contributed by atoms with van der Waals surface area (Å²) in [6, 6.07) is 0.120. The van der Waals surface area contributed by atoms with Gasteiger partial charge in [-0.3, -0.25) is 4.79 Å². The van der Waals surface area contributed by atoms with Crippen molar-refractivity contribution >= 4 is 11.9 Å². The Bertz CT molecular complexity index is 419. The van der Waals surface area contributed by atoms with E-state index in [1.165, 1.54) is 38.5 Å². The minimum Gasteiger partial charge on any atom is -0.545 e. The molecule has 4 fully saturated rings. The second-order valence-corrected chi connectivity index (χ2v) is 7.16. The number of carboxylic acid groups (broad SMARTS) is 1. The van der Waals surface area contributed by atoms with Crippen molar-refractivity contribution in [2.45, 2.75) is 51.5 Å². The molecule has 0 aromatic carbocycles. The fourth-order valence-electron chi connectivity index (χ4n) is 5.27. The highest BCUT2D eigenvalue weighted by atomic mass is 16.4. The Morgan fingerprint density at radius 2 is 1.60 bits per heavy atom. The van der Waals surface area contributed by atoms with Gasteiger partial charge in [0, 0.05) is 12.1 Å². The Balaban J connectivity index is 1.66. The summed E-state index contributed by atoms with van der Waals surface area (Å²) < 4.78 is 0. The Morgan fingerprint density at radius 1 is 1.10 bits per heavy atom. The molecule has 110 valence electrons. The van der Waals surface area contributed by atoms with E-state index in [1.807, 2.05) is 0 Å². The van der Waals surface area contributed by atoms with Gasteiger partial charge in [0.1, 0.15) is 0 Å². The Kier molecular flexibility index (Phi) is 3.35. The number of nitrogens with one attached hydrogen (secondary N) is 1. The minimum atomic E-state index is -1.33. The Morgan fingerprint density at radius 3 is 2.05 bits per heavy atom. The predicted octanol–water partition coefficient (Wildman–Crippen LogP) is 1.01. The summed E-state index contributed by atoms with van der Waals surface area (Å²) in [7, 11) is 0. The molecule has 0 heterocycles. The number of hydrogen-bond donors (Lipinski definition) is 1. The first-order valence-corrected chi connectivity index (χ1v) is 7.66. The average molecular weight is 276 g/mol. The molecule has 4 bridgehead atoms. The lowest BCUT2D eigenvalue weighted by atomic mass is 9.48. The van der Waals surface area contributed by atoms with E-state index in [1.54, 1.807) is 0 Å². The standard InChI is InChI=1S/C16H23NO3/c1-10(17-14(18)2-3-15(19)20)16-7-11-4-12(8-16)6-13(5-11)9-16/h2-3,10-13H,4-9H2,1H3,(H,17,18)(H,19,20)/p-1/b3-2+/t10-,11?,12?,13?,16?/m1/s1. The molecule has 0 unspecified atom stereocenters. The van der Waals surface area contributed by atoms with Crippen LogP contribution in [0.25, 0.3) is 0 Å². The summed E-state index contributed by atoms with van der Waals surface area (Å²) in [6.07, 6.45) is 9.67. The topological polar surface area (TPSA) is 69.2 Å². The Labute approximate surface area is 119 Å². The summed E-state index contributed by atoms with van der Waals surface area (Å²) in [5.41, 5.74) is 0.250. The second kappa shape index (κ2) is 4.90. The molecule has 0 aromatic heterocycles. The van der Waals surface area contributed by atoms with Gasteiger partial charge in [-0.1, -0.05) is 0 Å². The van der Waals surface area contributed by atoms with Gasteiger partial charge in [0.2, 0.25) is 5.91 Å². The summed E-state index contributed by atoms with van der Waals surface area (Å²) in [6.45, 7) is 2.08. The summed E-state index contributed by atoms with van der Waals surface area (Å²) in [5.74, 6) is 0.887. The molecule has 1 N–H and O–H groups in total. The van der Waals surface area contributed by atoms with Gasteiger partial charge in [-0.2, -0.15) is 0 Å². The fourth-order valence-corrected chi connectivity index (χ4v) is 5.27. The van der Waals surface area contributed by atoms with Gasteiger partial charge in [0.25, 0.3) is 0 Å². The van der Waals surface area contributed by atoms with Crippen molar-refractivity contribution in [1.82, 2.24) is 5.32 Å². The van der Waals surface area contributed by atoms with Gasteiger partial charge >= 0.3 is 0 Å². The van der Waals surface area contributed by atoms with E-state index in [4.69, 9.17) is 0 Å². The first-order valence-electron chi connectivity index (χ1n) is 7.66. The zero-order valence-corrected chi connectivity index (χ0v) is 11.9. The molecule has 1 atom stereocenters. The summed E-state index contributed by atoms with van der Waals surface area (Å²) >= 11 is 0. The molecule has 4 aliphatic carbocycles. The smallest absolute Gasteiger partial charge is 0.244 e. The van der Waals surface area contributed by atoms with Crippen molar-refractivity contribution in [2.75, 3.05) is 0 Å². The fraction of sp³-hybridized carbons (Fsp3) is 0.750. The van der Waals surface area contributed by atoms with Gasteiger partial charge in [0.15, 0.2) is 0 Å². The third kappa shape index (κ3) is 2.48. The molecule has 0 aliphatic heterocycles. The van der Waals surface area contributed by atoms with Crippen LogP contribution < -0.4 is 10.4 Å². The summed E-state index contributed by atoms with van der Waals surface area (Å²) in [4.78, 5) is 22.1. The minimum absolute atomic E-state index is 0.120. The largest absolute Gasteiger partial charge is 0.545 e. The second-order valence-electron chi connectivity index (χ2n) is 7.16. The maximum atomic E-state index is 11.8. The molecular weight excluding hydrogens is 254 g/mol. The van der Waals surface area contributed by atoms with Crippen LogP contribution in [0.15, 0.2) is 12.2 Å². The van der Waals surface area contributed by atoms with E-state index in [2.05, 4.69) is 12.2 Å². The van der Waals surface area contributed by atoms with Crippen molar-refractivity contribution in [3.8, 4) is 0 Å². The van der Waals surface area contributed by atoms with Crippen LogP contribution in [0.2, 0.25) is 0 Å². The quantitative estimate of drug-likeness (QED) is 0.779. The molecule has 4 heteroatoms. The van der Waals surface area contributed by atoms with Crippen molar-refractivity contribution in [3.05, 3.63) is 12.2 Å². The van der Waals surface area contributed by atoms with Crippen LogP contribution >= 0.6 is 0 Å². The first kappa shape index (κ1) is 13.7. The van der Waals surface area contributed by atoms with E-state index in [0.29, 0.717) is 0 Å². The molecule has 4 aliphatic rings. The lowest BCUT2D eigenvalue weighted by molar-refractivity contribution is -0.297. The molecule has 4 rings (SSSR count). The predicted molar refractivity (Wildman–Crippen MR) is 72.4 cm³/mol. The van der Waals surface area contributed by atoms with Crippen LogP contribution in [0.4, 0.5) is 0 Å². The molecule has 0 saturated heterocycles. The van der Waals surface area contributed by atoms with Gasteiger partial charge in [-0.05, 0) is 74.7 Å². The lowest BCUT2D eigenvalue weighted by Crippen LogP contribution is -2.55. The number of hydrogen-bond acceptors (Lipinski definition) is 3. The molecule has 20 heavy (non-hydrogen) atoms. The van der Waals surface area contributed by atoms with Gasteiger partial charge in [-0.25, -0.2) is 0 Å². The van der Waals surface area contributed by atoms with Crippen LogP contribution in [0, 0.1) is 23.2 Å². The number of rotatable bonds is 4. The van der Waals surface area contributed by atoms with Crippen LogP contribution in [0.5, 0.6) is 0 Å². The van der Waals surface area contributed by atoms with Gasteiger partial charge in [0.05, 0.1) is 5.97 Å². The number of carbonyl (C=O) groups excluding carboxylic acids is 2. The van der Waals surface area contributed by atoms with Crippen LogP contribution in [0.1, 0.15) is 45.4 Å².